The van der Waals surface area contributed by atoms with E-state index in [0.717, 1.165) is 0 Å². The summed E-state index contributed by atoms with van der Waals surface area (Å²) in [6, 6.07) is 8.70. The fraction of sp³-hybridized carbons (Fsp3) is 0.312. The largest absolute Gasteiger partial charge is 0.481 e. The van der Waals surface area contributed by atoms with E-state index < -0.39 is 11.9 Å². The first-order chi connectivity index (χ1) is 10.5. The van der Waals surface area contributed by atoms with E-state index in [4.69, 9.17) is 14.7 Å². The zero-order chi connectivity index (χ0) is 16.5. The average molecular weight is 302 g/mol. The molecule has 0 aliphatic carbocycles. The summed E-state index contributed by atoms with van der Waals surface area (Å²) in [7, 11) is 3.13. The van der Waals surface area contributed by atoms with Crippen LogP contribution in [0.15, 0.2) is 29.8 Å². The summed E-state index contributed by atoms with van der Waals surface area (Å²) in [5.41, 5.74) is 0.524. The summed E-state index contributed by atoms with van der Waals surface area (Å²) in [4.78, 5) is 24.5. The Bertz CT molecular complexity index is 615. The van der Waals surface area contributed by atoms with Crippen LogP contribution < -0.4 is 4.74 Å². The number of rotatable bonds is 6. The maximum Gasteiger partial charge on any atom is 0.344 e. The molecule has 1 amide bonds. The Morgan fingerprint density at radius 2 is 2.00 bits per heavy atom. The van der Waals surface area contributed by atoms with Crippen LogP contribution in [0, 0.1) is 11.3 Å². The van der Waals surface area contributed by atoms with E-state index in [0.29, 0.717) is 11.3 Å². The lowest BCUT2D eigenvalue weighted by Crippen LogP contribution is -2.22. The predicted octanol–water partition coefficient (Wildman–Crippen LogP) is 1.62. The van der Waals surface area contributed by atoms with Gasteiger partial charge >= 0.3 is 5.97 Å². The normalized spacial score (nSPS) is 10.5. The highest BCUT2D eigenvalue weighted by Gasteiger charge is 2.13. The average Bonchev–Trinajstić information content (AvgIpc) is 2.51. The molecule has 6 heteroatoms. The minimum absolute atomic E-state index is 0.0165. The number of nitrogens with zero attached hydrogens (tertiary/aromatic N) is 2. The SMILES string of the molecule is CCOC(=O)COc1ccccc1/C=C(/C#N)C(=O)N(C)C. The fourth-order valence-electron chi connectivity index (χ4n) is 1.61. The molecule has 22 heavy (non-hydrogen) atoms. The number of benzene rings is 1. The lowest BCUT2D eigenvalue weighted by molar-refractivity contribution is -0.145. The zero-order valence-electron chi connectivity index (χ0n) is 12.8. The van der Waals surface area contributed by atoms with Crippen molar-refractivity contribution in [3.05, 3.63) is 35.4 Å². The van der Waals surface area contributed by atoms with Gasteiger partial charge < -0.3 is 14.4 Å². The molecule has 0 bridgehead atoms. The van der Waals surface area contributed by atoms with Gasteiger partial charge in [0.15, 0.2) is 6.61 Å². The molecule has 0 aromatic heterocycles. The third-order valence-electron chi connectivity index (χ3n) is 2.63. The van der Waals surface area contributed by atoms with Crippen LogP contribution in [0.4, 0.5) is 0 Å². The van der Waals surface area contributed by atoms with Crippen LogP contribution >= 0.6 is 0 Å². The number of ether oxygens (including phenoxy) is 2. The molecule has 1 aromatic rings. The second-order valence-corrected chi connectivity index (χ2v) is 4.50. The van der Waals surface area contributed by atoms with Gasteiger partial charge in [-0.2, -0.15) is 5.26 Å². The summed E-state index contributed by atoms with van der Waals surface area (Å²) in [5.74, 6) is -0.483. The molecule has 116 valence electrons. The first-order valence-corrected chi connectivity index (χ1v) is 6.70. The van der Waals surface area contributed by atoms with E-state index in [-0.39, 0.29) is 18.8 Å². The number of hydrogen-bond donors (Lipinski definition) is 0. The number of likely N-dealkylation sites (N-methyl/N-ethyl adjacent to an activating group) is 1. The maximum absolute atomic E-state index is 11.9. The molecule has 0 saturated heterocycles. The first kappa shape index (κ1) is 17.2. The van der Waals surface area contributed by atoms with Crippen LogP contribution in [0.3, 0.4) is 0 Å². The van der Waals surface area contributed by atoms with Gasteiger partial charge in [0.25, 0.3) is 5.91 Å². The van der Waals surface area contributed by atoms with Gasteiger partial charge in [0.2, 0.25) is 0 Å². The molecule has 1 aromatic carbocycles. The van der Waals surface area contributed by atoms with Crippen LogP contribution in [0.25, 0.3) is 6.08 Å². The minimum atomic E-state index is -0.480. The van der Waals surface area contributed by atoms with Crippen molar-refractivity contribution >= 4 is 18.0 Å². The van der Waals surface area contributed by atoms with Gasteiger partial charge in [-0.3, -0.25) is 4.79 Å². The van der Waals surface area contributed by atoms with Crippen LogP contribution in [0.2, 0.25) is 0 Å². The molecular formula is C16H18N2O4. The van der Waals surface area contributed by atoms with Crippen molar-refractivity contribution in [2.75, 3.05) is 27.3 Å². The van der Waals surface area contributed by atoms with Crippen molar-refractivity contribution in [3.63, 3.8) is 0 Å². The van der Waals surface area contributed by atoms with Gasteiger partial charge in [0.1, 0.15) is 17.4 Å². The quantitative estimate of drug-likeness (QED) is 0.453. The molecule has 6 nitrogen and oxygen atoms in total. The summed E-state index contributed by atoms with van der Waals surface area (Å²) in [6.07, 6.45) is 1.43. The van der Waals surface area contributed by atoms with Gasteiger partial charge in [0, 0.05) is 19.7 Å². The molecule has 0 atom stereocenters. The Hall–Kier alpha value is -2.81. The number of hydrogen-bond acceptors (Lipinski definition) is 5. The molecule has 0 aliphatic heterocycles. The molecule has 0 radical (unpaired) electrons. The number of nitriles is 1. The van der Waals surface area contributed by atoms with Crippen molar-refractivity contribution < 1.29 is 19.1 Å². The predicted molar refractivity (Wildman–Crippen MR) is 80.9 cm³/mol. The van der Waals surface area contributed by atoms with Crippen LogP contribution in [-0.4, -0.2) is 44.1 Å². The Balaban J connectivity index is 2.98. The highest BCUT2D eigenvalue weighted by atomic mass is 16.6. The number of carbonyl (C=O) groups excluding carboxylic acids is 2. The Morgan fingerprint density at radius 3 is 2.59 bits per heavy atom. The summed E-state index contributed by atoms with van der Waals surface area (Å²) >= 11 is 0. The van der Waals surface area contributed by atoms with Crippen LogP contribution in [-0.2, 0) is 14.3 Å². The Kier molecular flexibility index (Phi) is 6.64. The van der Waals surface area contributed by atoms with Gasteiger partial charge in [-0.15, -0.1) is 0 Å². The van der Waals surface area contributed by atoms with E-state index in [1.807, 2.05) is 6.07 Å². The lowest BCUT2D eigenvalue weighted by atomic mass is 10.1. The number of para-hydroxylation sites is 1. The zero-order valence-corrected chi connectivity index (χ0v) is 12.8. The third-order valence-corrected chi connectivity index (χ3v) is 2.63. The van der Waals surface area contributed by atoms with E-state index in [2.05, 4.69) is 0 Å². The first-order valence-electron chi connectivity index (χ1n) is 6.70. The highest BCUT2D eigenvalue weighted by molar-refractivity contribution is 6.01. The molecule has 0 aliphatic rings. The molecule has 0 saturated carbocycles. The summed E-state index contributed by atoms with van der Waals surface area (Å²) in [6.45, 7) is 1.75. The number of carbonyl (C=O) groups is 2. The summed E-state index contributed by atoms with van der Waals surface area (Å²) < 4.78 is 10.2. The molecule has 0 unspecified atom stereocenters. The molecule has 0 N–H and O–H groups in total. The Morgan fingerprint density at radius 1 is 1.32 bits per heavy atom. The lowest BCUT2D eigenvalue weighted by Gasteiger charge is -2.11. The van der Waals surface area contributed by atoms with E-state index >= 15 is 0 Å². The smallest absolute Gasteiger partial charge is 0.344 e. The van der Waals surface area contributed by atoms with Gasteiger partial charge in [-0.1, -0.05) is 18.2 Å². The van der Waals surface area contributed by atoms with Crippen molar-refractivity contribution in [1.82, 2.24) is 4.90 Å². The minimum Gasteiger partial charge on any atom is -0.481 e. The fourth-order valence-corrected chi connectivity index (χ4v) is 1.61. The van der Waals surface area contributed by atoms with Gasteiger partial charge in [-0.05, 0) is 19.1 Å². The van der Waals surface area contributed by atoms with Crippen LogP contribution in [0.5, 0.6) is 5.75 Å². The second kappa shape index (κ2) is 8.47. The van der Waals surface area contributed by atoms with Crippen molar-refractivity contribution in [2.24, 2.45) is 0 Å². The topological polar surface area (TPSA) is 79.6 Å². The molecule has 0 spiro atoms. The molecule has 0 heterocycles. The van der Waals surface area contributed by atoms with Gasteiger partial charge in [0.05, 0.1) is 6.61 Å². The van der Waals surface area contributed by atoms with Crippen molar-refractivity contribution in [3.8, 4) is 11.8 Å². The highest BCUT2D eigenvalue weighted by Crippen LogP contribution is 2.21. The Labute approximate surface area is 129 Å². The maximum atomic E-state index is 11.9. The second-order valence-electron chi connectivity index (χ2n) is 4.50. The van der Waals surface area contributed by atoms with Crippen molar-refractivity contribution in [2.45, 2.75) is 6.92 Å². The van der Waals surface area contributed by atoms with E-state index in [9.17, 15) is 9.59 Å². The monoisotopic (exact) mass is 302 g/mol. The molecule has 0 fully saturated rings. The van der Waals surface area contributed by atoms with Crippen LogP contribution in [0.1, 0.15) is 12.5 Å². The van der Waals surface area contributed by atoms with E-state index in [1.54, 1.807) is 45.3 Å². The standard InChI is InChI=1S/C16H18N2O4/c1-4-21-15(19)11-22-14-8-6-5-7-12(14)9-13(10-17)16(20)18(2)3/h5-9H,4,11H2,1-3H3/b13-9-. The summed E-state index contributed by atoms with van der Waals surface area (Å²) in [5, 5.41) is 9.10. The number of amides is 1. The van der Waals surface area contributed by atoms with E-state index in [1.165, 1.54) is 11.0 Å². The number of esters is 1. The molecule has 1 rings (SSSR count). The third kappa shape index (κ3) is 4.94. The molecular weight excluding hydrogens is 284 g/mol. The van der Waals surface area contributed by atoms with Gasteiger partial charge in [-0.25, -0.2) is 4.79 Å². The van der Waals surface area contributed by atoms with Crippen molar-refractivity contribution in [1.29, 1.82) is 5.26 Å².